The van der Waals surface area contributed by atoms with Crippen LogP contribution in [0.5, 0.6) is 0 Å². The van der Waals surface area contributed by atoms with Crippen LogP contribution in [0.25, 0.3) is 0 Å². The molecule has 0 aliphatic heterocycles. The Labute approximate surface area is 108 Å². The molecule has 0 amide bonds. The second-order valence-corrected chi connectivity index (χ2v) is 5.44. The fourth-order valence-corrected chi connectivity index (χ4v) is 2.34. The van der Waals surface area contributed by atoms with Gasteiger partial charge in [0, 0.05) is 18.1 Å². The van der Waals surface area contributed by atoms with Crippen molar-refractivity contribution >= 4 is 11.6 Å². The first-order chi connectivity index (χ1) is 8.16. The third-order valence-electron chi connectivity index (χ3n) is 3.32. The lowest BCUT2D eigenvalue weighted by Crippen LogP contribution is -2.23. The third-order valence-corrected chi connectivity index (χ3v) is 3.66. The van der Waals surface area contributed by atoms with E-state index in [1.165, 1.54) is 12.8 Å². The minimum absolute atomic E-state index is 0.453. The van der Waals surface area contributed by atoms with Gasteiger partial charge in [-0.25, -0.2) is 0 Å². The van der Waals surface area contributed by atoms with Gasteiger partial charge in [0.2, 0.25) is 0 Å². The molecular weight excluding hydrogens is 234 g/mol. The first-order valence-corrected chi connectivity index (χ1v) is 6.65. The summed E-state index contributed by atoms with van der Waals surface area (Å²) >= 11 is 6.06. The largest absolute Gasteiger partial charge is 0.388 e. The van der Waals surface area contributed by atoms with E-state index in [4.69, 9.17) is 11.6 Å². The average molecular weight is 254 g/mol. The highest BCUT2D eigenvalue weighted by Crippen LogP contribution is 2.30. The zero-order chi connectivity index (χ0) is 12.3. The molecule has 0 bridgehead atoms. The molecule has 1 aromatic rings. The summed E-state index contributed by atoms with van der Waals surface area (Å²) in [4.78, 5) is 2.30. The third kappa shape index (κ3) is 3.98. The quantitative estimate of drug-likeness (QED) is 0.842. The summed E-state index contributed by atoms with van der Waals surface area (Å²) in [5.41, 5.74) is 0.842. The topological polar surface area (TPSA) is 23.5 Å². The Balaban J connectivity index is 1.80. The maximum Gasteiger partial charge on any atom is 0.0816 e. The molecule has 1 aliphatic carbocycles. The molecule has 1 aliphatic rings. The summed E-state index contributed by atoms with van der Waals surface area (Å²) < 4.78 is 0. The van der Waals surface area contributed by atoms with E-state index in [9.17, 15) is 5.11 Å². The molecule has 2 nitrogen and oxygen atoms in total. The van der Waals surface area contributed by atoms with Gasteiger partial charge < -0.3 is 10.0 Å². The van der Waals surface area contributed by atoms with Crippen molar-refractivity contribution in [1.29, 1.82) is 0 Å². The Bertz CT molecular complexity index is 365. The summed E-state index contributed by atoms with van der Waals surface area (Å²) in [7, 11) is 2.12. The van der Waals surface area contributed by atoms with Crippen molar-refractivity contribution in [3.8, 4) is 0 Å². The van der Waals surface area contributed by atoms with Gasteiger partial charge in [0.25, 0.3) is 0 Å². The Morgan fingerprint density at radius 1 is 1.41 bits per heavy atom. The highest BCUT2D eigenvalue weighted by atomic mass is 35.5. The van der Waals surface area contributed by atoms with Crippen molar-refractivity contribution in [3.63, 3.8) is 0 Å². The van der Waals surface area contributed by atoms with Crippen LogP contribution in [0.15, 0.2) is 24.3 Å². The highest BCUT2D eigenvalue weighted by Gasteiger charge is 2.23. The van der Waals surface area contributed by atoms with Crippen LogP contribution in [-0.2, 0) is 0 Å². The van der Waals surface area contributed by atoms with Crippen molar-refractivity contribution in [2.24, 2.45) is 5.92 Å². The smallest absolute Gasteiger partial charge is 0.0816 e. The van der Waals surface area contributed by atoms with Gasteiger partial charge in [-0.1, -0.05) is 29.8 Å². The monoisotopic (exact) mass is 253 g/mol. The second-order valence-electron chi connectivity index (χ2n) is 5.03. The predicted octanol–water partition coefficient (Wildman–Crippen LogP) is 3.11. The van der Waals surface area contributed by atoms with Gasteiger partial charge in [-0.2, -0.15) is 0 Å². The van der Waals surface area contributed by atoms with E-state index in [1.807, 2.05) is 24.3 Å². The molecule has 3 heteroatoms. The van der Waals surface area contributed by atoms with Crippen LogP contribution in [0, 0.1) is 5.92 Å². The Kier molecular flexibility index (Phi) is 4.43. The molecule has 0 saturated heterocycles. The lowest BCUT2D eigenvalue weighted by Gasteiger charge is -2.19. The average Bonchev–Trinajstić information content (AvgIpc) is 3.10. The van der Waals surface area contributed by atoms with E-state index in [2.05, 4.69) is 11.9 Å². The first kappa shape index (κ1) is 12.9. The molecule has 1 atom stereocenters. The maximum absolute atomic E-state index is 10.1. The number of aliphatic hydroxyl groups excluding tert-OH is 1. The van der Waals surface area contributed by atoms with E-state index < -0.39 is 6.10 Å². The number of rotatable bonds is 6. The van der Waals surface area contributed by atoms with Gasteiger partial charge in [-0.05, 0) is 43.9 Å². The molecular formula is C14H20ClNO. The molecule has 0 aromatic heterocycles. The van der Waals surface area contributed by atoms with Crippen LogP contribution in [0.4, 0.5) is 0 Å². The molecule has 1 saturated carbocycles. The normalized spacial score (nSPS) is 17.4. The van der Waals surface area contributed by atoms with Crippen molar-refractivity contribution in [1.82, 2.24) is 4.90 Å². The number of benzene rings is 1. The summed E-state index contributed by atoms with van der Waals surface area (Å²) in [6.45, 7) is 2.08. The van der Waals surface area contributed by atoms with Gasteiger partial charge in [0.05, 0.1) is 6.10 Å². The van der Waals surface area contributed by atoms with Crippen LogP contribution >= 0.6 is 11.6 Å². The fourth-order valence-electron chi connectivity index (χ4n) is 2.08. The highest BCUT2D eigenvalue weighted by molar-refractivity contribution is 6.31. The molecule has 2 rings (SSSR count). The SMILES string of the molecule is CN(CCC(O)c1ccccc1Cl)CC1CC1. The van der Waals surface area contributed by atoms with Gasteiger partial charge in [-0.3, -0.25) is 0 Å². The molecule has 1 unspecified atom stereocenters. The number of hydrogen-bond donors (Lipinski definition) is 1. The minimum atomic E-state index is -0.453. The van der Waals surface area contributed by atoms with Gasteiger partial charge in [0.1, 0.15) is 0 Å². The molecule has 94 valence electrons. The lowest BCUT2D eigenvalue weighted by molar-refractivity contribution is 0.148. The number of hydrogen-bond acceptors (Lipinski definition) is 2. The van der Waals surface area contributed by atoms with Gasteiger partial charge in [-0.15, -0.1) is 0 Å². The van der Waals surface area contributed by atoms with Crippen molar-refractivity contribution in [2.75, 3.05) is 20.1 Å². The van der Waals surface area contributed by atoms with Crippen molar-refractivity contribution in [2.45, 2.75) is 25.4 Å². The molecule has 0 heterocycles. The Morgan fingerprint density at radius 2 is 2.12 bits per heavy atom. The minimum Gasteiger partial charge on any atom is -0.388 e. The van der Waals surface area contributed by atoms with Crippen LogP contribution in [0.3, 0.4) is 0 Å². The van der Waals surface area contributed by atoms with Gasteiger partial charge >= 0.3 is 0 Å². The predicted molar refractivity (Wildman–Crippen MR) is 71.2 cm³/mol. The van der Waals surface area contributed by atoms with E-state index in [1.54, 1.807) is 0 Å². The maximum atomic E-state index is 10.1. The molecule has 0 radical (unpaired) electrons. The fraction of sp³-hybridized carbons (Fsp3) is 0.571. The summed E-state index contributed by atoms with van der Waals surface area (Å²) in [6.07, 6.45) is 3.03. The van der Waals surface area contributed by atoms with E-state index in [0.29, 0.717) is 5.02 Å². The van der Waals surface area contributed by atoms with E-state index in [-0.39, 0.29) is 0 Å². The molecule has 1 fully saturated rings. The summed E-state index contributed by atoms with van der Waals surface area (Å²) in [5, 5.41) is 10.7. The van der Waals surface area contributed by atoms with Crippen molar-refractivity contribution in [3.05, 3.63) is 34.9 Å². The molecule has 0 spiro atoms. The standard InChI is InChI=1S/C14H20ClNO/c1-16(10-11-6-7-11)9-8-14(17)12-4-2-3-5-13(12)15/h2-5,11,14,17H,6-10H2,1H3. The molecule has 1 aromatic carbocycles. The first-order valence-electron chi connectivity index (χ1n) is 6.28. The van der Waals surface area contributed by atoms with E-state index >= 15 is 0 Å². The molecule has 1 N–H and O–H groups in total. The van der Waals surface area contributed by atoms with Crippen molar-refractivity contribution < 1.29 is 5.11 Å². The Hall–Kier alpha value is -0.570. The number of aliphatic hydroxyl groups is 1. The number of nitrogens with zero attached hydrogens (tertiary/aromatic N) is 1. The van der Waals surface area contributed by atoms with E-state index in [0.717, 1.165) is 31.0 Å². The Morgan fingerprint density at radius 3 is 2.76 bits per heavy atom. The zero-order valence-electron chi connectivity index (χ0n) is 10.3. The van der Waals surface area contributed by atoms with Crippen LogP contribution in [-0.4, -0.2) is 30.1 Å². The summed E-state index contributed by atoms with van der Waals surface area (Å²) in [6, 6.07) is 7.53. The number of halogens is 1. The van der Waals surface area contributed by atoms with Crippen LogP contribution in [0.1, 0.15) is 30.9 Å². The second kappa shape index (κ2) is 5.85. The van der Waals surface area contributed by atoms with Gasteiger partial charge in [0.15, 0.2) is 0 Å². The zero-order valence-corrected chi connectivity index (χ0v) is 11.0. The molecule has 17 heavy (non-hydrogen) atoms. The van der Waals surface area contributed by atoms with Crippen LogP contribution in [0.2, 0.25) is 5.02 Å². The lowest BCUT2D eigenvalue weighted by atomic mass is 10.1. The van der Waals surface area contributed by atoms with Crippen LogP contribution < -0.4 is 0 Å². The summed E-state index contributed by atoms with van der Waals surface area (Å²) in [5.74, 6) is 0.900.